The van der Waals surface area contributed by atoms with E-state index >= 15 is 0 Å². The second-order valence-electron chi connectivity index (χ2n) is 5.19. The van der Waals surface area contributed by atoms with Crippen molar-refractivity contribution in [1.29, 1.82) is 0 Å². The van der Waals surface area contributed by atoms with Crippen molar-refractivity contribution in [2.45, 2.75) is 6.92 Å². The summed E-state index contributed by atoms with van der Waals surface area (Å²) in [5, 5.41) is 0. The molecule has 2 rings (SSSR count). The number of aromatic nitrogens is 1. The number of aryl methyl sites for hydroxylation is 1. The first kappa shape index (κ1) is 12.8. The van der Waals surface area contributed by atoms with E-state index in [2.05, 4.69) is 9.89 Å². The molecule has 0 N–H and O–H groups in total. The highest BCUT2D eigenvalue weighted by atomic mass is 16.5. The predicted octanol–water partition coefficient (Wildman–Crippen LogP) is 0.413. The molecule has 0 unspecified atom stereocenters. The molecule has 0 spiro atoms. The number of carbonyl (C=O) groups excluding carboxylic acids is 1. The highest BCUT2D eigenvalue weighted by Gasteiger charge is 2.43. The van der Waals surface area contributed by atoms with Gasteiger partial charge in [-0.2, -0.15) is 4.99 Å². The Morgan fingerprint density at radius 1 is 1.44 bits per heavy atom. The molecule has 5 heteroatoms. The van der Waals surface area contributed by atoms with Gasteiger partial charge in [0.25, 0.3) is 5.91 Å². The number of rotatable bonds is 2. The summed E-state index contributed by atoms with van der Waals surface area (Å²) in [6, 6.07) is 3.60. The lowest BCUT2D eigenvalue weighted by atomic mass is 9.82. The normalized spacial score (nSPS) is 19.4. The predicted molar refractivity (Wildman–Crippen MR) is 68.1 cm³/mol. The number of nitrogens with zero attached hydrogens (tertiary/aromatic N) is 3. The smallest absolute Gasteiger partial charge is 0.256 e. The Morgan fingerprint density at radius 2 is 2.11 bits per heavy atom. The maximum Gasteiger partial charge on any atom is 0.256 e. The zero-order valence-corrected chi connectivity index (χ0v) is 11.3. The van der Waals surface area contributed by atoms with E-state index in [9.17, 15) is 4.79 Å². The van der Waals surface area contributed by atoms with E-state index in [0.717, 1.165) is 13.1 Å². The van der Waals surface area contributed by atoms with Gasteiger partial charge < -0.3 is 14.2 Å². The van der Waals surface area contributed by atoms with E-state index in [4.69, 9.17) is 4.74 Å². The standard InChI is InChI=1S/C13H19N3O2/c1-13(8-15(2)9-13)12(17)14-11-7-10(18-4)5-6-16(11)3/h5-7H,8-9H2,1-4H3/b14-11+. The first-order valence-electron chi connectivity index (χ1n) is 5.93. The monoisotopic (exact) mass is 249 g/mol. The van der Waals surface area contributed by atoms with Gasteiger partial charge in [0.2, 0.25) is 0 Å². The molecule has 1 aliphatic rings. The van der Waals surface area contributed by atoms with Gasteiger partial charge in [-0.05, 0) is 20.0 Å². The number of amides is 1. The zero-order valence-electron chi connectivity index (χ0n) is 11.3. The van der Waals surface area contributed by atoms with Crippen LogP contribution in [0.15, 0.2) is 23.3 Å². The van der Waals surface area contributed by atoms with Gasteiger partial charge in [0, 0.05) is 32.4 Å². The third kappa shape index (κ3) is 2.31. The summed E-state index contributed by atoms with van der Waals surface area (Å²) >= 11 is 0. The molecule has 5 nitrogen and oxygen atoms in total. The van der Waals surface area contributed by atoms with E-state index in [-0.39, 0.29) is 11.3 Å². The fourth-order valence-electron chi connectivity index (χ4n) is 2.30. The van der Waals surface area contributed by atoms with Crippen LogP contribution in [0.2, 0.25) is 0 Å². The molecule has 98 valence electrons. The molecule has 1 fully saturated rings. The first-order chi connectivity index (χ1) is 8.44. The van der Waals surface area contributed by atoms with Gasteiger partial charge in [0.1, 0.15) is 11.2 Å². The minimum absolute atomic E-state index is 0.0653. The van der Waals surface area contributed by atoms with Crippen LogP contribution < -0.4 is 10.2 Å². The molecule has 1 aliphatic heterocycles. The van der Waals surface area contributed by atoms with E-state index < -0.39 is 0 Å². The van der Waals surface area contributed by atoms with Crippen LogP contribution in [0, 0.1) is 5.41 Å². The van der Waals surface area contributed by atoms with Crippen molar-refractivity contribution in [2.24, 2.45) is 17.5 Å². The quantitative estimate of drug-likeness (QED) is 0.763. The average molecular weight is 249 g/mol. The number of pyridine rings is 1. The summed E-state index contributed by atoms with van der Waals surface area (Å²) in [7, 11) is 5.46. The Hall–Kier alpha value is -1.62. The fraction of sp³-hybridized carbons (Fsp3) is 0.538. The van der Waals surface area contributed by atoms with E-state index in [1.807, 2.05) is 37.8 Å². The van der Waals surface area contributed by atoms with Crippen molar-refractivity contribution in [3.05, 3.63) is 23.8 Å². The van der Waals surface area contributed by atoms with Crippen LogP contribution in [0.1, 0.15) is 6.92 Å². The number of hydrogen-bond donors (Lipinski definition) is 0. The summed E-state index contributed by atoms with van der Waals surface area (Å²) < 4.78 is 6.95. The Morgan fingerprint density at radius 3 is 2.67 bits per heavy atom. The molecule has 2 heterocycles. The largest absolute Gasteiger partial charge is 0.497 e. The van der Waals surface area contributed by atoms with Crippen LogP contribution >= 0.6 is 0 Å². The molecule has 1 amide bonds. The third-order valence-electron chi connectivity index (χ3n) is 3.30. The molecule has 0 saturated carbocycles. The van der Waals surface area contributed by atoms with Gasteiger partial charge in [-0.3, -0.25) is 4.79 Å². The van der Waals surface area contributed by atoms with Crippen molar-refractivity contribution < 1.29 is 9.53 Å². The highest BCUT2D eigenvalue weighted by molar-refractivity contribution is 5.84. The maximum absolute atomic E-state index is 12.2. The van der Waals surface area contributed by atoms with Crippen molar-refractivity contribution in [2.75, 3.05) is 27.2 Å². The van der Waals surface area contributed by atoms with Crippen molar-refractivity contribution in [3.8, 4) is 5.75 Å². The highest BCUT2D eigenvalue weighted by Crippen LogP contribution is 2.29. The minimum atomic E-state index is -0.342. The summed E-state index contributed by atoms with van der Waals surface area (Å²) in [5.41, 5.74) is 0.278. The second-order valence-corrected chi connectivity index (χ2v) is 5.19. The molecule has 0 bridgehead atoms. The Bertz CT molecular complexity index is 527. The molecule has 1 saturated heterocycles. The van der Waals surface area contributed by atoms with Crippen molar-refractivity contribution in [3.63, 3.8) is 0 Å². The lowest BCUT2D eigenvalue weighted by Crippen LogP contribution is -2.56. The molecule has 0 radical (unpaired) electrons. The van der Waals surface area contributed by atoms with Gasteiger partial charge in [-0.15, -0.1) is 0 Å². The average Bonchev–Trinajstić information content (AvgIpc) is 2.30. The van der Waals surface area contributed by atoms with E-state index in [1.165, 1.54) is 0 Å². The van der Waals surface area contributed by atoms with Gasteiger partial charge >= 0.3 is 0 Å². The molecule has 18 heavy (non-hydrogen) atoms. The maximum atomic E-state index is 12.2. The SMILES string of the molecule is COc1ccn(C)/c(=N/C(=O)C2(C)CN(C)C2)c1. The lowest BCUT2D eigenvalue weighted by Gasteiger charge is -2.43. The number of ether oxygens (including phenoxy) is 1. The molecule has 1 aromatic rings. The van der Waals surface area contributed by atoms with Gasteiger partial charge in [0.05, 0.1) is 12.5 Å². The molecule has 0 aliphatic carbocycles. The van der Waals surface area contributed by atoms with Crippen LogP contribution in [0.4, 0.5) is 0 Å². The summed E-state index contributed by atoms with van der Waals surface area (Å²) in [6.45, 7) is 3.49. The fourth-order valence-corrected chi connectivity index (χ4v) is 2.30. The molecule has 1 aromatic heterocycles. The topological polar surface area (TPSA) is 46.8 Å². The Labute approximate surface area is 107 Å². The van der Waals surface area contributed by atoms with Crippen molar-refractivity contribution in [1.82, 2.24) is 9.47 Å². The first-order valence-corrected chi connectivity index (χ1v) is 5.93. The van der Waals surface area contributed by atoms with Gasteiger partial charge in [0.15, 0.2) is 0 Å². The molecule has 0 aromatic carbocycles. The molecular weight excluding hydrogens is 230 g/mol. The molecular formula is C13H19N3O2. The summed E-state index contributed by atoms with van der Waals surface area (Å²) in [4.78, 5) is 18.5. The second kappa shape index (κ2) is 4.57. The number of hydrogen-bond acceptors (Lipinski definition) is 3. The summed E-state index contributed by atoms with van der Waals surface area (Å²) in [5.74, 6) is 0.639. The van der Waals surface area contributed by atoms with Crippen LogP contribution in [0.3, 0.4) is 0 Å². The number of carbonyl (C=O) groups is 1. The third-order valence-corrected chi connectivity index (χ3v) is 3.30. The van der Waals surface area contributed by atoms with E-state index in [0.29, 0.717) is 11.2 Å². The Kier molecular flexibility index (Phi) is 3.26. The van der Waals surface area contributed by atoms with Crippen molar-refractivity contribution >= 4 is 5.91 Å². The Balaban J connectivity index is 2.30. The lowest BCUT2D eigenvalue weighted by molar-refractivity contribution is -0.135. The zero-order chi connectivity index (χ0) is 13.3. The molecule has 0 atom stereocenters. The number of methoxy groups -OCH3 is 1. The van der Waals surface area contributed by atoms with Gasteiger partial charge in [-0.1, -0.05) is 0 Å². The summed E-state index contributed by atoms with van der Waals surface area (Å²) in [6.07, 6.45) is 1.83. The van der Waals surface area contributed by atoms with Crippen LogP contribution in [0.5, 0.6) is 5.75 Å². The van der Waals surface area contributed by atoms with Gasteiger partial charge in [-0.25, -0.2) is 0 Å². The van der Waals surface area contributed by atoms with E-state index in [1.54, 1.807) is 13.2 Å². The number of likely N-dealkylation sites (tertiary alicyclic amines) is 1. The van der Waals surface area contributed by atoms with Crippen LogP contribution in [-0.2, 0) is 11.8 Å². The van der Waals surface area contributed by atoms with Crippen LogP contribution in [-0.4, -0.2) is 42.6 Å². The van der Waals surface area contributed by atoms with Crippen LogP contribution in [0.25, 0.3) is 0 Å². The minimum Gasteiger partial charge on any atom is -0.497 e.